The number of amides is 2. The van der Waals surface area contributed by atoms with Gasteiger partial charge in [-0.2, -0.15) is 0 Å². The highest BCUT2D eigenvalue weighted by molar-refractivity contribution is 5.94. The quantitative estimate of drug-likeness (QED) is 0.290. The Morgan fingerprint density at radius 3 is 2.19 bits per heavy atom. The molecule has 0 radical (unpaired) electrons. The minimum Gasteiger partial charge on any atom is -0.345 e. The van der Waals surface area contributed by atoms with Crippen molar-refractivity contribution in [3.05, 3.63) is 106 Å². The third-order valence-corrected chi connectivity index (χ3v) is 10.8. The summed E-state index contributed by atoms with van der Waals surface area (Å²) < 4.78 is 41.0. The number of nitrogens with one attached hydrogen (secondary N) is 2. The van der Waals surface area contributed by atoms with E-state index in [0.29, 0.717) is 36.9 Å². The van der Waals surface area contributed by atoms with Gasteiger partial charge in [0.1, 0.15) is 5.82 Å². The number of halogens is 3. The van der Waals surface area contributed by atoms with Crippen LogP contribution in [0.2, 0.25) is 0 Å². The Morgan fingerprint density at radius 1 is 0.936 bits per heavy atom. The first-order valence-corrected chi connectivity index (χ1v) is 16.8. The van der Waals surface area contributed by atoms with Crippen LogP contribution in [0.15, 0.2) is 72.6 Å². The summed E-state index contributed by atoms with van der Waals surface area (Å²) >= 11 is 0. The number of nitrogens with zero attached hydrogens (tertiary/aromatic N) is 2. The fourth-order valence-corrected chi connectivity index (χ4v) is 7.91. The molecule has 1 spiro atoms. The first kappa shape index (κ1) is 31.6. The standard InChI is InChI=1S/C38H41F3N4O2/c1-24(25-2-4-27(5-3-25)34(28-6-8-33(39)9-7-28)32-17-37(18-32)22-43-23-37)44-35(46)31-16-30(20-42-21-31)26-11-14-45(15-12-26)36(47)29-10-13-38(40,41)19-29/h2-9,16,20-21,24,26,29,43H,10-15,17-19,22-23H2,1H3,(H,44,46)/t24-,29?/m1/s1. The minimum atomic E-state index is -2.73. The van der Waals surface area contributed by atoms with Crippen molar-refractivity contribution < 1.29 is 22.8 Å². The number of benzene rings is 2. The van der Waals surface area contributed by atoms with Gasteiger partial charge in [0.2, 0.25) is 11.8 Å². The molecule has 2 N–H and O–H groups in total. The molecular weight excluding hydrogens is 601 g/mol. The van der Waals surface area contributed by atoms with Crippen molar-refractivity contribution in [2.75, 3.05) is 26.2 Å². The lowest BCUT2D eigenvalue weighted by Crippen LogP contribution is -2.58. The molecule has 4 aliphatic rings. The number of hydrogen-bond acceptors (Lipinski definition) is 4. The summed E-state index contributed by atoms with van der Waals surface area (Å²) in [6.07, 6.45) is 6.55. The lowest BCUT2D eigenvalue weighted by Gasteiger charge is -2.52. The lowest BCUT2D eigenvalue weighted by molar-refractivity contribution is -0.137. The van der Waals surface area contributed by atoms with Crippen LogP contribution in [0.4, 0.5) is 13.2 Å². The SMILES string of the molecule is C[C@@H](NC(=O)c1cncc(C2CCN(C(=O)C3CCC(F)(F)C3)CC2)c1)c1ccc(C(=C2CC3(CNC3)C2)c2ccc(F)cc2)cc1. The average molecular weight is 643 g/mol. The van der Waals surface area contributed by atoms with Crippen LogP contribution in [0, 0.1) is 17.2 Å². The second-order valence-corrected chi connectivity index (χ2v) is 14.2. The maximum atomic E-state index is 13.7. The van der Waals surface area contributed by atoms with Crippen molar-refractivity contribution in [1.29, 1.82) is 0 Å². The molecule has 3 aromatic rings. The van der Waals surface area contributed by atoms with E-state index in [0.717, 1.165) is 48.2 Å². The fraction of sp³-hybridized carbons (Fsp3) is 0.447. The fourth-order valence-electron chi connectivity index (χ4n) is 7.91. The zero-order valence-corrected chi connectivity index (χ0v) is 26.7. The smallest absolute Gasteiger partial charge is 0.253 e. The second kappa shape index (κ2) is 12.6. The second-order valence-electron chi connectivity index (χ2n) is 14.2. The molecule has 2 atom stereocenters. The minimum absolute atomic E-state index is 0.143. The summed E-state index contributed by atoms with van der Waals surface area (Å²) in [5.74, 6) is -3.79. The summed E-state index contributed by atoms with van der Waals surface area (Å²) in [7, 11) is 0. The normalized spacial score (nSPS) is 22.3. The molecule has 2 aliphatic heterocycles. The molecular formula is C38H41F3N4O2. The van der Waals surface area contributed by atoms with Crippen molar-refractivity contribution in [2.24, 2.45) is 11.3 Å². The zero-order chi connectivity index (χ0) is 32.8. The number of alkyl halides is 2. The molecule has 2 saturated heterocycles. The molecule has 2 saturated carbocycles. The maximum absolute atomic E-state index is 13.7. The van der Waals surface area contributed by atoms with E-state index in [1.54, 1.807) is 17.3 Å². The van der Waals surface area contributed by atoms with Gasteiger partial charge in [-0.15, -0.1) is 0 Å². The van der Waals surface area contributed by atoms with Crippen molar-refractivity contribution in [1.82, 2.24) is 20.5 Å². The number of piperidine rings is 1. The van der Waals surface area contributed by atoms with Crippen molar-refractivity contribution >= 4 is 17.4 Å². The molecule has 7 rings (SSSR count). The maximum Gasteiger partial charge on any atom is 0.253 e. The van der Waals surface area contributed by atoms with E-state index < -0.39 is 11.8 Å². The summed E-state index contributed by atoms with van der Waals surface area (Å²) in [5, 5.41) is 6.50. The van der Waals surface area contributed by atoms with Crippen LogP contribution >= 0.6 is 0 Å². The van der Waals surface area contributed by atoms with Crippen LogP contribution in [-0.4, -0.2) is 53.8 Å². The van der Waals surface area contributed by atoms with Gasteiger partial charge >= 0.3 is 0 Å². The van der Waals surface area contributed by atoms with E-state index in [1.165, 1.54) is 23.3 Å². The Balaban J connectivity index is 0.980. The van der Waals surface area contributed by atoms with E-state index in [-0.39, 0.29) is 48.9 Å². The Kier molecular flexibility index (Phi) is 8.45. The van der Waals surface area contributed by atoms with E-state index in [4.69, 9.17) is 0 Å². The zero-order valence-electron chi connectivity index (χ0n) is 26.7. The first-order chi connectivity index (χ1) is 22.6. The summed E-state index contributed by atoms with van der Waals surface area (Å²) in [5.41, 5.74) is 7.44. The third-order valence-electron chi connectivity index (χ3n) is 10.8. The molecule has 2 amide bonds. The number of likely N-dealkylation sites (tertiary alicyclic amines) is 1. The third kappa shape index (κ3) is 6.59. The van der Waals surface area contributed by atoms with Gasteiger partial charge in [-0.05, 0) is 91.0 Å². The lowest BCUT2D eigenvalue weighted by atomic mass is 9.60. The molecule has 3 heterocycles. The Labute approximate surface area is 273 Å². The Morgan fingerprint density at radius 2 is 1.60 bits per heavy atom. The van der Waals surface area contributed by atoms with E-state index in [2.05, 4.69) is 27.8 Å². The predicted molar refractivity (Wildman–Crippen MR) is 174 cm³/mol. The van der Waals surface area contributed by atoms with Crippen molar-refractivity contribution in [3.8, 4) is 0 Å². The topological polar surface area (TPSA) is 74.3 Å². The summed E-state index contributed by atoms with van der Waals surface area (Å²) in [4.78, 5) is 32.2. The van der Waals surface area contributed by atoms with Gasteiger partial charge < -0.3 is 15.5 Å². The molecule has 4 fully saturated rings. The molecule has 2 aliphatic carbocycles. The number of carbonyl (C=O) groups is 2. The van der Waals surface area contributed by atoms with Gasteiger partial charge in [-0.1, -0.05) is 42.0 Å². The number of aromatic nitrogens is 1. The molecule has 246 valence electrons. The Hall–Kier alpha value is -3.98. The van der Waals surface area contributed by atoms with Crippen LogP contribution in [0.3, 0.4) is 0 Å². The van der Waals surface area contributed by atoms with Gasteiger partial charge in [0.25, 0.3) is 5.91 Å². The average Bonchev–Trinajstić information content (AvgIpc) is 3.41. The van der Waals surface area contributed by atoms with Gasteiger partial charge in [0.05, 0.1) is 11.6 Å². The largest absolute Gasteiger partial charge is 0.345 e. The van der Waals surface area contributed by atoms with Crippen LogP contribution in [0.1, 0.15) is 96.4 Å². The van der Waals surface area contributed by atoms with Crippen molar-refractivity contribution in [3.63, 3.8) is 0 Å². The highest BCUT2D eigenvalue weighted by Gasteiger charge is 2.46. The molecule has 1 unspecified atom stereocenters. The number of carbonyl (C=O) groups excluding carboxylic acids is 2. The highest BCUT2D eigenvalue weighted by Crippen LogP contribution is 2.52. The number of rotatable bonds is 7. The summed E-state index contributed by atoms with van der Waals surface area (Å²) in [6, 6.07) is 16.6. The van der Waals surface area contributed by atoms with Gasteiger partial charge in [0.15, 0.2) is 0 Å². The van der Waals surface area contributed by atoms with E-state index >= 15 is 0 Å². The van der Waals surface area contributed by atoms with Crippen molar-refractivity contribution in [2.45, 2.75) is 69.8 Å². The Bertz CT molecular complexity index is 1670. The van der Waals surface area contributed by atoms with Gasteiger partial charge in [0, 0.05) is 62.7 Å². The van der Waals surface area contributed by atoms with Gasteiger partial charge in [-0.25, -0.2) is 13.2 Å². The summed E-state index contributed by atoms with van der Waals surface area (Å²) in [6.45, 7) is 5.09. The van der Waals surface area contributed by atoms with Crippen LogP contribution < -0.4 is 10.6 Å². The molecule has 47 heavy (non-hydrogen) atoms. The van der Waals surface area contributed by atoms with Crippen LogP contribution in [-0.2, 0) is 4.79 Å². The molecule has 0 bridgehead atoms. The number of pyridine rings is 1. The van der Waals surface area contributed by atoms with Crippen LogP contribution in [0.25, 0.3) is 5.57 Å². The monoisotopic (exact) mass is 642 g/mol. The number of allylic oxidation sites excluding steroid dienone is 1. The molecule has 1 aromatic heterocycles. The van der Waals surface area contributed by atoms with Gasteiger partial charge in [-0.3, -0.25) is 14.6 Å². The molecule has 6 nitrogen and oxygen atoms in total. The predicted octanol–water partition coefficient (Wildman–Crippen LogP) is 7.04. The molecule has 2 aromatic carbocycles. The highest BCUT2D eigenvalue weighted by atomic mass is 19.3. The first-order valence-electron chi connectivity index (χ1n) is 16.8. The van der Waals surface area contributed by atoms with Crippen LogP contribution in [0.5, 0.6) is 0 Å². The van der Waals surface area contributed by atoms with E-state index in [9.17, 15) is 22.8 Å². The number of hydrogen-bond donors (Lipinski definition) is 2. The van der Waals surface area contributed by atoms with E-state index in [1.807, 2.05) is 37.3 Å². The molecule has 9 heteroatoms.